The molecule has 0 amide bonds. The maximum atomic E-state index is 12.3. The van der Waals surface area contributed by atoms with Crippen LogP contribution in [0.1, 0.15) is 24.2 Å². The summed E-state index contributed by atoms with van der Waals surface area (Å²) in [5.74, 6) is 0.211. The molecule has 0 spiro atoms. The molecule has 2 unspecified atom stereocenters. The van der Waals surface area contributed by atoms with Gasteiger partial charge in [-0.25, -0.2) is 13.2 Å². The molecular weight excluding hydrogens is 290 g/mol. The summed E-state index contributed by atoms with van der Waals surface area (Å²) < 4.78 is 24.5. The fourth-order valence-electron chi connectivity index (χ4n) is 2.60. The molecule has 1 aromatic rings. The minimum atomic E-state index is -3.36. The van der Waals surface area contributed by atoms with Crippen molar-refractivity contribution >= 4 is 15.8 Å². The van der Waals surface area contributed by atoms with Gasteiger partial charge in [0, 0.05) is 19.6 Å². The molecule has 0 aromatic heterocycles. The number of likely N-dealkylation sites (tertiary alicyclic amines) is 1. The first kappa shape index (κ1) is 16.0. The number of carbonyl (C=O) groups is 1. The first-order valence-corrected chi connectivity index (χ1v) is 8.73. The Balaban J connectivity index is 2.00. The number of benzene rings is 1. The van der Waals surface area contributed by atoms with E-state index in [9.17, 15) is 13.2 Å². The van der Waals surface area contributed by atoms with Crippen molar-refractivity contribution in [3.63, 3.8) is 0 Å². The molecule has 1 fully saturated rings. The zero-order valence-electron chi connectivity index (χ0n) is 12.3. The van der Waals surface area contributed by atoms with Crippen molar-refractivity contribution in [2.75, 3.05) is 25.4 Å². The first-order valence-electron chi connectivity index (χ1n) is 7.08. The van der Waals surface area contributed by atoms with Crippen LogP contribution in [0.2, 0.25) is 0 Å². The number of hydrogen-bond donors (Lipinski definition) is 1. The number of nitrogens with zero attached hydrogens (tertiary/aromatic N) is 1. The molecule has 0 aliphatic carbocycles. The van der Waals surface area contributed by atoms with Gasteiger partial charge in [-0.1, -0.05) is 13.8 Å². The van der Waals surface area contributed by atoms with E-state index in [-0.39, 0.29) is 16.2 Å². The zero-order valence-corrected chi connectivity index (χ0v) is 13.1. The van der Waals surface area contributed by atoms with Crippen molar-refractivity contribution in [3.05, 3.63) is 29.8 Å². The second kappa shape index (κ2) is 6.15. The third-order valence-electron chi connectivity index (χ3n) is 4.20. The van der Waals surface area contributed by atoms with Crippen molar-refractivity contribution in [1.29, 1.82) is 0 Å². The summed E-state index contributed by atoms with van der Waals surface area (Å²) in [5, 5.41) is 8.82. The van der Waals surface area contributed by atoms with E-state index in [4.69, 9.17) is 5.11 Å². The van der Waals surface area contributed by atoms with Crippen molar-refractivity contribution in [2.45, 2.75) is 18.7 Å². The van der Waals surface area contributed by atoms with Gasteiger partial charge in [-0.15, -0.1) is 0 Å². The zero-order chi connectivity index (χ0) is 15.6. The molecule has 1 heterocycles. The van der Waals surface area contributed by atoms with Gasteiger partial charge in [0.15, 0.2) is 9.84 Å². The molecule has 1 N–H and O–H groups in total. The van der Waals surface area contributed by atoms with Crippen LogP contribution in [-0.4, -0.2) is 49.8 Å². The third kappa shape index (κ3) is 3.83. The van der Waals surface area contributed by atoms with Crippen LogP contribution in [0.4, 0.5) is 0 Å². The molecule has 6 heteroatoms. The van der Waals surface area contributed by atoms with E-state index in [2.05, 4.69) is 18.7 Å². The van der Waals surface area contributed by atoms with Gasteiger partial charge < -0.3 is 10.0 Å². The maximum Gasteiger partial charge on any atom is 0.335 e. The SMILES string of the molecule is CC1CN(CCS(=O)(=O)c2ccc(C(=O)O)cc2)CC1C. The Bertz CT molecular complexity index is 599. The molecule has 1 aromatic carbocycles. The summed E-state index contributed by atoms with van der Waals surface area (Å²) >= 11 is 0. The lowest BCUT2D eigenvalue weighted by Gasteiger charge is -2.15. The van der Waals surface area contributed by atoms with E-state index in [1.165, 1.54) is 24.3 Å². The molecule has 1 aliphatic heterocycles. The fraction of sp³-hybridized carbons (Fsp3) is 0.533. The summed E-state index contributed by atoms with van der Waals surface area (Å²) in [6, 6.07) is 5.40. The lowest BCUT2D eigenvalue weighted by molar-refractivity contribution is 0.0696. The summed E-state index contributed by atoms with van der Waals surface area (Å²) in [6.07, 6.45) is 0. The number of carboxylic acid groups (broad SMARTS) is 1. The highest BCUT2D eigenvalue weighted by molar-refractivity contribution is 7.91. The Morgan fingerprint density at radius 1 is 1.19 bits per heavy atom. The van der Waals surface area contributed by atoms with Crippen LogP contribution in [0.5, 0.6) is 0 Å². The van der Waals surface area contributed by atoms with E-state index < -0.39 is 15.8 Å². The Hall–Kier alpha value is -1.40. The van der Waals surface area contributed by atoms with Crippen LogP contribution >= 0.6 is 0 Å². The predicted molar refractivity (Wildman–Crippen MR) is 80.2 cm³/mol. The molecule has 0 bridgehead atoms. The van der Waals surface area contributed by atoms with Gasteiger partial charge in [0.1, 0.15) is 0 Å². The largest absolute Gasteiger partial charge is 0.478 e. The van der Waals surface area contributed by atoms with E-state index in [1.54, 1.807) is 0 Å². The third-order valence-corrected chi connectivity index (χ3v) is 5.91. The van der Waals surface area contributed by atoms with Crippen molar-refractivity contribution in [1.82, 2.24) is 4.90 Å². The monoisotopic (exact) mass is 311 g/mol. The Labute approximate surface area is 125 Å². The highest BCUT2D eigenvalue weighted by atomic mass is 32.2. The van der Waals surface area contributed by atoms with Gasteiger partial charge >= 0.3 is 5.97 Å². The van der Waals surface area contributed by atoms with Crippen LogP contribution in [0.15, 0.2) is 29.2 Å². The highest BCUT2D eigenvalue weighted by Crippen LogP contribution is 2.22. The van der Waals surface area contributed by atoms with Gasteiger partial charge in [0.25, 0.3) is 0 Å². The number of carboxylic acids is 1. The van der Waals surface area contributed by atoms with Crippen molar-refractivity contribution in [3.8, 4) is 0 Å². The average molecular weight is 311 g/mol. The molecule has 1 aliphatic rings. The average Bonchev–Trinajstić information content (AvgIpc) is 2.76. The van der Waals surface area contributed by atoms with E-state index in [1.807, 2.05) is 0 Å². The van der Waals surface area contributed by atoms with Crippen LogP contribution in [0.3, 0.4) is 0 Å². The maximum absolute atomic E-state index is 12.3. The van der Waals surface area contributed by atoms with E-state index >= 15 is 0 Å². The minimum Gasteiger partial charge on any atom is -0.478 e. The lowest BCUT2D eigenvalue weighted by Crippen LogP contribution is -2.27. The quantitative estimate of drug-likeness (QED) is 0.896. The summed E-state index contributed by atoms with van der Waals surface area (Å²) in [4.78, 5) is 13.1. The minimum absolute atomic E-state index is 0.0683. The Morgan fingerprint density at radius 3 is 2.19 bits per heavy atom. The van der Waals surface area contributed by atoms with Gasteiger partial charge in [-0.05, 0) is 36.1 Å². The standard InChI is InChI=1S/C15H21NO4S/c1-11-9-16(10-12(11)2)7-8-21(19,20)14-5-3-13(4-6-14)15(17)18/h3-6,11-12H,7-10H2,1-2H3,(H,17,18). The van der Waals surface area contributed by atoms with E-state index in [0.29, 0.717) is 18.4 Å². The van der Waals surface area contributed by atoms with Gasteiger partial charge in [0.2, 0.25) is 0 Å². The molecule has 21 heavy (non-hydrogen) atoms. The number of sulfone groups is 1. The molecule has 0 radical (unpaired) electrons. The molecule has 0 saturated carbocycles. The van der Waals surface area contributed by atoms with Crippen LogP contribution in [-0.2, 0) is 9.84 Å². The van der Waals surface area contributed by atoms with Crippen LogP contribution < -0.4 is 0 Å². The van der Waals surface area contributed by atoms with Crippen LogP contribution in [0.25, 0.3) is 0 Å². The topological polar surface area (TPSA) is 74.7 Å². The van der Waals surface area contributed by atoms with Crippen molar-refractivity contribution in [2.24, 2.45) is 11.8 Å². The predicted octanol–water partition coefficient (Wildman–Crippen LogP) is 1.75. The second-order valence-electron chi connectivity index (χ2n) is 5.86. The Kier molecular flexibility index (Phi) is 4.68. The van der Waals surface area contributed by atoms with E-state index in [0.717, 1.165) is 13.1 Å². The lowest BCUT2D eigenvalue weighted by atomic mass is 10.0. The summed E-state index contributed by atoms with van der Waals surface area (Å²) in [6.45, 7) is 6.77. The Morgan fingerprint density at radius 2 is 1.71 bits per heavy atom. The normalized spacial score (nSPS) is 23.3. The highest BCUT2D eigenvalue weighted by Gasteiger charge is 2.27. The number of aromatic carboxylic acids is 1. The molecule has 2 rings (SSSR count). The second-order valence-corrected chi connectivity index (χ2v) is 7.97. The molecule has 2 atom stereocenters. The molecular formula is C15H21NO4S. The molecule has 1 saturated heterocycles. The summed E-state index contributed by atoms with van der Waals surface area (Å²) in [7, 11) is -3.36. The van der Waals surface area contributed by atoms with Gasteiger partial charge in [0.05, 0.1) is 16.2 Å². The number of rotatable bonds is 5. The smallest absolute Gasteiger partial charge is 0.335 e. The van der Waals surface area contributed by atoms with Gasteiger partial charge in [-0.3, -0.25) is 0 Å². The molecule has 5 nitrogen and oxygen atoms in total. The fourth-order valence-corrected chi connectivity index (χ4v) is 3.89. The first-order chi connectivity index (χ1) is 9.79. The summed E-state index contributed by atoms with van der Waals surface area (Å²) in [5.41, 5.74) is 0.0937. The molecule has 116 valence electrons. The van der Waals surface area contributed by atoms with Gasteiger partial charge in [-0.2, -0.15) is 0 Å². The number of hydrogen-bond acceptors (Lipinski definition) is 4. The van der Waals surface area contributed by atoms with Crippen LogP contribution in [0, 0.1) is 11.8 Å². The van der Waals surface area contributed by atoms with Crippen molar-refractivity contribution < 1.29 is 18.3 Å².